The number of rotatable bonds is 4. The van der Waals surface area contributed by atoms with E-state index in [2.05, 4.69) is 21.2 Å². The molecule has 0 fully saturated rings. The third-order valence-corrected chi connectivity index (χ3v) is 3.58. The second-order valence-corrected chi connectivity index (χ2v) is 5.29. The smallest absolute Gasteiger partial charge is 0.283 e. The highest BCUT2D eigenvalue weighted by Gasteiger charge is 2.12. The SMILES string of the molecule is O=[N+]([O-])c1cc(CNc2ccc(F)c(Cl)c2)ccc1Br. The number of hydrogen-bond acceptors (Lipinski definition) is 3. The third-order valence-electron chi connectivity index (χ3n) is 2.62. The largest absolute Gasteiger partial charge is 0.381 e. The van der Waals surface area contributed by atoms with Gasteiger partial charge >= 0.3 is 0 Å². The average molecular weight is 360 g/mol. The number of halogens is 3. The van der Waals surface area contributed by atoms with E-state index in [0.29, 0.717) is 16.7 Å². The minimum atomic E-state index is -0.489. The molecule has 0 heterocycles. The minimum Gasteiger partial charge on any atom is -0.381 e. The molecular weight excluding hydrogens is 351 g/mol. The highest BCUT2D eigenvalue weighted by molar-refractivity contribution is 9.10. The molecule has 0 spiro atoms. The summed E-state index contributed by atoms with van der Waals surface area (Å²) >= 11 is 8.80. The van der Waals surface area contributed by atoms with Crippen molar-refractivity contribution in [3.8, 4) is 0 Å². The Morgan fingerprint density at radius 2 is 2.05 bits per heavy atom. The Balaban J connectivity index is 2.12. The molecule has 0 aliphatic carbocycles. The zero-order valence-electron chi connectivity index (χ0n) is 10.1. The van der Waals surface area contributed by atoms with E-state index in [4.69, 9.17) is 11.6 Å². The van der Waals surface area contributed by atoms with E-state index in [9.17, 15) is 14.5 Å². The molecule has 0 aliphatic rings. The van der Waals surface area contributed by atoms with Crippen LogP contribution in [0, 0.1) is 15.9 Å². The van der Waals surface area contributed by atoms with Crippen molar-refractivity contribution < 1.29 is 9.31 Å². The van der Waals surface area contributed by atoms with Crippen molar-refractivity contribution in [2.75, 3.05) is 5.32 Å². The molecule has 0 unspecified atom stereocenters. The van der Waals surface area contributed by atoms with Gasteiger partial charge in [0.2, 0.25) is 0 Å². The lowest BCUT2D eigenvalue weighted by molar-refractivity contribution is -0.385. The summed E-state index contributed by atoms with van der Waals surface area (Å²) < 4.78 is 13.4. The van der Waals surface area contributed by atoms with Crippen molar-refractivity contribution in [1.29, 1.82) is 0 Å². The Labute approximate surface area is 127 Å². The summed E-state index contributed by atoms with van der Waals surface area (Å²) in [4.78, 5) is 10.4. The fourth-order valence-corrected chi connectivity index (χ4v) is 2.19. The molecule has 1 N–H and O–H groups in total. The number of benzene rings is 2. The maximum absolute atomic E-state index is 13.0. The summed E-state index contributed by atoms with van der Waals surface area (Å²) in [5.41, 5.74) is 1.38. The molecule has 2 aromatic rings. The van der Waals surface area contributed by atoms with Crippen molar-refractivity contribution >= 4 is 38.9 Å². The number of nitrogens with one attached hydrogen (secondary N) is 1. The lowest BCUT2D eigenvalue weighted by atomic mass is 10.2. The first-order valence-electron chi connectivity index (χ1n) is 5.59. The summed E-state index contributed by atoms with van der Waals surface area (Å²) in [6.07, 6.45) is 0. The molecule has 0 aliphatic heterocycles. The number of anilines is 1. The van der Waals surface area contributed by atoms with Crippen LogP contribution in [0.2, 0.25) is 5.02 Å². The molecule has 7 heteroatoms. The van der Waals surface area contributed by atoms with Crippen molar-refractivity contribution in [3.05, 3.63) is 67.4 Å². The summed E-state index contributed by atoms with van der Waals surface area (Å²) in [7, 11) is 0. The first-order valence-corrected chi connectivity index (χ1v) is 6.76. The summed E-state index contributed by atoms with van der Waals surface area (Å²) in [5.74, 6) is -0.489. The number of nitro benzene ring substituents is 1. The van der Waals surface area contributed by atoms with E-state index in [0.717, 1.165) is 5.56 Å². The lowest BCUT2D eigenvalue weighted by Crippen LogP contribution is -2.00. The molecule has 0 bridgehead atoms. The quantitative estimate of drug-likeness (QED) is 0.632. The van der Waals surface area contributed by atoms with Crippen molar-refractivity contribution in [3.63, 3.8) is 0 Å². The van der Waals surface area contributed by atoms with Gasteiger partial charge in [-0.05, 0) is 45.8 Å². The van der Waals surface area contributed by atoms with Crippen LogP contribution in [0.3, 0.4) is 0 Å². The molecule has 2 aromatic carbocycles. The average Bonchev–Trinajstić information content (AvgIpc) is 2.41. The molecule has 0 saturated heterocycles. The number of nitrogens with zero attached hydrogens (tertiary/aromatic N) is 1. The maximum atomic E-state index is 13.0. The summed E-state index contributed by atoms with van der Waals surface area (Å²) in [6.45, 7) is 0.371. The van der Waals surface area contributed by atoms with Crippen molar-refractivity contribution in [1.82, 2.24) is 0 Å². The van der Waals surface area contributed by atoms with E-state index >= 15 is 0 Å². The number of nitro groups is 1. The van der Waals surface area contributed by atoms with Gasteiger partial charge in [0.25, 0.3) is 5.69 Å². The van der Waals surface area contributed by atoms with Crippen LogP contribution in [-0.4, -0.2) is 4.92 Å². The van der Waals surface area contributed by atoms with Crippen LogP contribution in [0.25, 0.3) is 0 Å². The van der Waals surface area contributed by atoms with Gasteiger partial charge in [0.1, 0.15) is 5.82 Å². The Kier molecular flexibility index (Phi) is 4.57. The molecular formula is C13H9BrClFN2O2. The Morgan fingerprint density at radius 3 is 2.70 bits per heavy atom. The van der Waals surface area contributed by atoms with Gasteiger partial charge < -0.3 is 5.32 Å². The zero-order chi connectivity index (χ0) is 14.7. The Morgan fingerprint density at radius 1 is 1.30 bits per heavy atom. The van der Waals surface area contributed by atoms with Crippen LogP contribution < -0.4 is 5.32 Å². The first kappa shape index (κ1) is 14.7. The van der Waals surface area contributed by atoms with Crippen molar-refractivity contribution in [2.24, 2.45) is 0 Å². The highest BCUT2D eigenvalue weighted by Crippen LogP contribution is 2.26. The molecule has 20 heavy (non-hydrogen) atoms. The second-order valence-electron chi connectivity index (χ2n) is 4.03. The topological polar surface area (TPSA) is 55.2 Å². The van der Waals surface area contributed by atoms with Gasteiger partial charge in [-0.15, -0.1) is 0 Å². The van der Waals surface area contributed by atoms with E-state index < -0.39 is 10.7 Å². The van der Waals surface area contributed by atoms with Gasteiger partial charge in [0, 0.05) is 18.3 Å². The standard InChI is InChI=1S/C13H9BrClFN2O2/c14-10-3-1-8(5-13(10)18(19)20)7-17-9-2-4-12(16)11(15)6-9/h1-6,17H,7H2. The van der Waals surface area contributed by atoms with E-state index in [-0.39, 0.29) is 10.7 Å². The van der Waals surface area contributed by atoms with Gasteiger partial charge in [-0.1, -0.05) is 17.7 Å². The molecule has 0 aromatic heterocycles. The van der Waals surface area contributed by atoms with Gasteiger partial charge in [0.05, 0.1) is 14.4 Å². The van der Waals surface area contributed by atoms with Gasteiger partial charge in [-0.3, -0.25) is 10.1 Å². The molecule has 0 saturated carbocycles. The Bertz CT molecular complexity index is 667. The molecule has 104 valence electrons. The lowest BCUT2D eigenvalue weighted by Gasteiger charge is -2.07. The van der Waals surface area contributed by atoms with Crippen LogP contribution in [0.15, 0.2) is 40.9 Å². The first-order chi connectivity index (χ1) is 9.47. The van der Waals surface area contributed by atoms with E-state index in [1.807, 2.05) is 0 Å². The third kappa shape index (κ3) is 3.46. The normalized spacial score (nSPS) is 10.3. The van der Waals surface area contributed by atoms with E-state index in [1.165, 1.54) is 18.2 Å². The van der Waals surface area contributed by atoms with Gasteiger partial charge in [-0.2, -0.15) is 0 Å². The molecule has 0 atom stereocenters. The Hall–Kier alpha value is -1.66. The fourth-order valence-electron chi connectivity index (χ4n) is 1.62. The monoisotopic (exact) mass is 358 g/mol. The molecule has 2 rings (SSSR count). The fraction of sp³-hybridized carbons (Fsp3) is 0.0769. The predicted octanol–water partition coefficient (Wildman–Crippen LogP) is 4.76. The molecule has 4 nitrogen and oxygen atoms in total. The molecule has 0 radical (unpaired) electrons. The zero-order valence-corrected chi connectivity index (χ0v) is 12.4. The summed E-state index contributed by atoms with van der Waals surface area (Å²) in [5, 5.41) is 13.9. The van der Waals surface area contributed by atoms with Crippen LogP contribution in [0.4, 0.5) is 15.8 Å². The number of hydrogen-bond donors (Lipinski definition) is 1. The minimum absolute atomic E-state index is 0.00133. The summed E-state index contributed by atoms with van der Waals surface area (Å²) in [6, 6.07) is 9.12. The highest BCUT2D eigenvalue weighted by atomic mass is 79.9. The van der Waals surface area contributed by atoms with Crippen LogP contribution in [-0.2, 0) is 6.54 Å². The predicted molar refractivity (Wildman–Crippen MR) is 79.5 cm³/mol. The van der Waals surface area contributed by atoms with Crippen LogP contribution in [0.1, 0.15) is 5.56 Å². The molecule has 0 amide bonds. The maximum Gasteiger partial charge on any atom is 0.283 e. The van der Waals surface area contributed by atoms with E-state index in [1.54, 1.807) is 18.2 Å². The van der Waals surface area contributed by atoms with Gasteiger partial charge in [0.15, 0.2) is 0 Å². The van der Waals surface area contributed by atoms with Gasteiger partial charge in [-0.25, -0.2) is 4.39 Å². The van der Waals surface area contributed by atoms with Crippen LogP contribution in [0.5, 0.6) is 0 Å². The second kappa shape index (κ2) is 6.19. The van der Waals surface area contributed by atoms with Crippen LogP contribution >= 0.6 is 27.5 Å². The van der Waals surface area contributed by atoms with Crippen molar-refractivity contribution in [2.45, 2.75) is 6.54 Å².